The molecule has 0 unspecified atom stereocenters. The van der Waals surface area contributed by atoms with Gasteiger partial charge in [-0.2, -0.15) is 0 Å². The van der Waals surface area contributed by atoms with Gasteiger partial charge in [-0.15, -0.1) is 0 Å². The molecule has 0 aromatic heterocycles. The zero-order valence-corrected chi connectivity index (χ0v) is 8.39. The van der Waals surface area contributed by atoms with Gasteiger partial charge in [0, 0.05) is 0 Å². The highest BCUT2D eigenvalue weighted by Gasteiger charge is 2.52. The topological polar surface area (TPSA) is 78.9 Å². The van der Waals surface area contributed by atoms with E-state index in [-0.39, 0.29) is 17.6 Å². The van der Waals surface area contributed by atoms with Crippen molar-refractivity contribution in [2.24, 2.45) is 0 Å². The van der Waals surface area contributed by atoms with Crippen molar-refractivity contribution in [3.05, 3.63) is 11.1 Å². The zero-order chi connectivity index (χ0) is 11.4. The summed E-state index contributed by atoms with van der Waals surface area (Å²) < 4.78 is 14.9. The Balaban J connectivity index is 2.10. The van der Waals surface area contributed by atoms with Crippen LogP contribution in [0.4, 0.5) is 0 Å². The van der Waals surface area contributed by atoms with Crippen LogP contribution >= 0.6 is 0 Å². The predicted octanol–water partition coefficient (Wildman–Crippen LogP) is -0.531. The number of esters is 3. The molecule has 3 atom stereocenters. The maximum Gasteiger partial charge on any atom is 0.346 e. The van der Waals surface area contributed by atoms with Crippen LogP contribution in [0.15, 0.2) is 11.1 Å². The molecule has 6 nitrogen and oxygen atoms in total. The van der Waals surface area contributed by atoms with Crippen LogP contribution < -0.4 is 0 Å². The monoisotopic (exact) mass is 224 g/mol. The molecule has 3 aliphatic heterocycles. The number of ether oxygens (including phenoxy) is 3. The van der Waals surface area contributed by atoms with Crippen LogP contribution in [0.2, 0.25) is 0 Å². The van der Waals surface area contributed by atoms with E-state index in [4.69, 9.17) is 9.47 Å². The molecule has 0 spiro atoms. The SMILES string of the molecule is C[C@@H]1O[C@H]2CC(=O)O[C@H]2C2=C1C(=O)OC2=O. The molecular weight excluding hydrogens is 216 g/mol. The average Bonchev–Trinajstić information content (AvgIpc) is 2.67. The Morgan fingerprint density at radius 1 is 1.12 bits per heavy atom. The number of fused-ring (bicyclic) bond motifs is 2. The first-order chi connectivity index (χ1) is 7.58. The standard InChI is InChI=1S/C10H8O6/c1-3-6-7(10(13)16-9(6)12)8-4(14-3)2-5(11)15-8/h3-4,8H,2H2,1H3/t3-,4-,8+/m0/s1. The second-order valence-electron chi connectivity index (χ2n) is 3.94. The van der Waals surface area contributed by atoms with E-state index in [0.717, 1.165) is 0 Å². The quantitative estimate of drug-likeness (QED) is 0.406. The minimum Gasteiger partial charge on any atom is -0.454 e. The minimum atomic E-state index is -0.780. The minimum absolute atomic E-state index is 0.104. The van der Waals surface area contributed by atoms with Gasteiger partial charge in [-0.1, -0.05) is 0 Å². The molecule has 0 amide bonds. The van der Waals surface area contributed by atoms with Crippen molar-refractivity contribution >= 4 is 17.9 Å². The molecule has 1 fully saturated rings. The fraction of sp³-hybridized carbons (Fsp3) is 0.500. The zero-order valence-electron chi connectivity index (χ0n) is 8.39. The van der Waals surface area contributed by atoms with Crippen LogP contribution in [0, 0.1) is 0 Å². The fourth-order valence-corrected chi connectivity index (χ4v) is 2.30. The van der Waals surface area contributed by atoms with Crippen LogP contribution in [0.25, 0.3) is 0 Å². The van der Waals surface area contributed by atoms with Gasteiger partial charge in [0.2, 0.25) is 0 Å². The van der Waals surface area contributed by atoms with Crippen LogP contribution in [0.1, 0.15) is 13.3 Å². The lowest BCUT2D eigenvalue weighted by atomic mass is 9.94. The van der Waals surface area contributed by atoms with E-state index in [9.17, 15) is 14.4 Å². The molecule has 0 aromatic carbocycles. The highest BCUT2D eigenvalue weighted by Crippen LogP contribution is 2.38. The Kier molecular flexibility index (Phi) is 1.74. The molecule has 0 radical (unpaired) electrons. The molecule has 84 valence electrons. The van der Waals surface area contributed by atoms with Crippen molar-refractivity contribution in [3.63, 3.8) is 0 Å². The van der Waals surface area contributed by atoms with E-state index in [0.29, 0.717) is 0 Å². The Morgan fingerprint density at radius 3 is 2.56 bits per heavy atom. The average molecular weight is 224 g/mol. The lowest BCUT2D eigenvalue weighted by Crippen LogP contribution is -2.38. The van der Waals surface area contributed by atoms with Gasteiger partial charge >= 0.3 is 17.9 Å². The van der Waals surface area contributed by atoms with Gasteiger partial charge in [-0.3, -0.25) is 4.79 Å². The predicted molar refractivity (Wildman–Crippen MR) is 47.0 cm³/mol. The summed E-state index contributed by atoms with van der Waals surface area (Å²) in [5, 5.41) is 0. The van der Waals surface area contributed by atoms with E-state index in [1.165, 1.54) is 0 Å². The largest absolute Gasteiger partial charge is 0.454 e. The number of cyclic esters (lactones) is 2. The van der Waals surface area contributed by atoms with Gasteiger partial charge in [0.15, 0.2) is 6.10 Å². The van der Waals surface area contributed by atoms with Crippen molar-refractivity contribution in [2.45, 2.75) is 31.7 Å². The van der Waals surface area contributed by atoms with Crippen LogP contribution in [0.5, 0.6) is 0 Å². The third-order valence-electron chi connectivity index (χ3n) is 2.95. The third-order valence-corrected chi connectivity index (χ3v) is 2.95. The molecule has 0 N–H and O–H groups in total. The fourth-order valence-electron chi connectivity index (χ4n) is 2.30. The Bertz CT molecular complexity index is 448. The first-order valence-electron chi connectivity index (χ1n) is 4.93. The molecule has 1 saturated heterocycles. The van der Waals surface area contributed by atoms with Crippen molar-refractivity contribution in [2.75, 3.05) is 0 Å². The van der Waals surface area contributed by atoms with Gasteiger partial charge in [0.1, 0.15) is 6.10 Å². The summed E-state index contributed by atoms with van der Waals surface area (Å²) in [6.45, 7) is 1.65. The molecular formula is C10H8O6. The maximum atomic E-state index is 11.5. The lowest BCUT2D eigenvalue weighted by molar-refractivity contribution is -0.151. The van der Waals surface area contributed by atoms with E-state index >= 15 is 0 Å². The molecule has 3 rings (SSSR count). The molecule has 3 aliphatic rings. The molecule has 0 aliphatic carbocycles. The highest BCUT2D eigenvalue weighted by atomic mass is 16.6. The number of carbonyl (C=O) groups excluding carboxylic acids is 3. The van der Waals surface area contributed by atoms with Crippen LogP contribution in [-0.4, -0.2) is 36.2 Å². The van der Waals surface area contributed by atoms with Gasteiger partial charge in [0.05, 0.1) is 23.7 Å². The first-order valence-corrected chi connectivity index (χ1v) is 4.93. The third kappa shape index (κ3) is 1.07. The normalized spacial score (nSPS) is 37.1. The second kappa shape index (κ2) is 2.91. The Morgan fingerprint density at radius 2 is 1.81 bits per heavy atom. The van der Waals surface area contributed by atoms with Crippen LogP contribution in [-0.2, 0) is 28.6 Å². The summed E-state index contributed by atoms with van der Waals surface area (Å²) in [5.74, 6) is -1.85. The molecule has 3 heterocycles. The molecule has 0 saturated carbocycles. The summed E-state index contributed by atoms with van der Waals surface area (Å²) in [4.78, 5) is 34.0. The van der Waals surface area contributed by atoms with E-state index < -0.39 is 36.2 Å². The van der Waals surface area contributed by atoms with Gasteiger partial charge in [0.25, 0.3) is 0 Å². The molecule has 6 heteroatoms. The Hall–Kier alpha value is -1.69. The summed E-state index contributed by atoms with van der Waals surface area (Å²) in [5.41, 5.74) is 0.334. The number of hydrogen-bond donors (Lipinski definition) is 0. The smallest absolute Gasteiger partial charge is 0.346 e. The number of rotatable bonds is 0. The first kappa shape index (κ1) is 9.53. The lowest BCUT2D eigenvalue weighted by Gasteiger charge is -2.27. The maximum absolute atomic E-state index is 11.5. The summed E-state index contributed by atoms with van der Waals surface area (Å²) in [6, 6.07) is 0. The molecule has 0 bridgehead atoms. The number of carbonyl (C=O) groups is 3. The second-order valence-corrected chi connectivity index (χ2v) is 3.94. The van der Waals surface area contributed by atoms with Crippen molar-refractivity contribution < 1.29 is 28.6 Å². The number of hydrogen-bond acceptors (Lipinski definition) is 6. The van der Waals surface area contributed by atoms with Gasteiger partial charge < -0.3 is 14.2 Å². The van der Waals surface area contributed by atoms with Crippen molar-refractivity contribution in [3.8, 4) is 0 Å². The van der Waals surface area contributed by atoms with E-state index in [1.807, 2.05) is 0 Å². The van der Waals surface area contributed by atoms with E-state index in [1.54, 1.807) is 6.92 Å². The Labute approximate surface area is 90.1 Å². The van der Waals surface area contributed by atoms with Gasteiger partial charge in [-0.25, -0.2) is 9.59 Å². The summed E-state index contributed by atoms with van der Waals surface area (Å²) in [6.07, 6.45) is -1.70. The molecule has 16 heavy (non-hydrogen) atoms. The van der Waals surface area contributed by atoms with Gasteiger partial charge in [-0.05, 0) is 6.92 Å². The van der Waals surface area contributed by atoms with Crippen LogP contribution in [0.3, 0.4) is 0 Å². The summed E-state index contributed by atoms with van der Waals surface area (Å²) >= 11 is 0. The van der Waals surface area contributed by atoms with Crippen molar-refractivity contribution in [1.82, 2.24) is 0 Å². The molecule has 0 aromatic rings. The summed E-state index contributed by atoms with van der Waals surface area (Å²) in [7, 11) is 0. The highest BCUT2D eigenvalue weighted by molar-refractivity contribution is 6.14. The van der Waals surface area contributed by atoms with E-state index in [2.05, 4.69) is 4.74 Å². The van der Waals surface area contributed by atoms with Crippen molar-refractivity contribution in [1.29, 1.82) is 0 Å².